The molecule has 1 aliphatic heterocycles. The first kappa shape index (κ1) is 13.3. The summed E-state index contributed by atoms with van der Waals surface area (Å²) in [7, 11) is 0. The normalized spacial score (nSPS) is 34.8. The molecule has 2 fully saturated rings. The largest absolute Gasteiger partial charge is 0.389 e. The Bertz CT molecular complexity index is 228. The number of nitrogens with two attached hydrogens (primary N) is 1. The predicted molar refractivity (Wildman–Crippen MR) is 68.7 cm³/mol. The molecule has 1 saturated carbocycles. The highest BCUT2D eigenvalue weighted by Crippen LogP contribution is 2.29. The summed E-state index contributed by atoms with van der Waals surface area (Å²) in [5, 5.41) is 10.2. The molecule has 2 rings (SSSR count). The molecule has 17 heavy (non-hydrogen) atoms. The molecule has 2 aliphatic rings. The zero-order valence-corrected chi connectivity index (χ0v) is 11.0. The van der Waals surface area contributed by atoms with Crippen LogP contribution in [-0.4, -0.2) is 30.0 Å². The van der Waals surface area contributed by atoms with Gasteiger partial charge in [0.25, 0.3) is 0 Å². The van der Waals surface area contributed by atoms with Gasteiger partial charge >= 0.3 is 0 Å². The van der Waals surface area contributed by atoms with Gasteiger partial charge in [0.2, 0.25) is 0 Å². The third kappa shape index (κ3) is 3.67. The van der Waals surface area contributed by atoms with Crippen LogP contribution in [0.5, 0.6) is 0 Å². The first-order valence-electron chi connectivity index (χ1n) is 7.22. The molecule has 3 nitrogen and oxygen atoms in total. The molecule has 1 aliphatic carbocycles. The van der Waals surface area contributed by atoms with Crippen LogP contribution in [0.1, 0.15) is 51.9 Å². The molecule has 4 atom stereocenters. The lowest BCUT2D eigenvalue weighted by Gasteiger charge is -2.29. The highest BCUT2D eigenvalue weighted by Gasteiger charge is 2.33. The minimum Gasteiger partial charge on any atom is -0.389 e. The Balaban J connectivity index is 1.76. The van der Waals surface area contributed by atoms with Crippen LogP contribution in [-0.2, 0) is 4.74 Å². The van der Waals surface area contributed by atoms with E-state index in [0.29, 0.717) is 5.92 Å². The number of hydrogen-bond acceptors (Lipinski definition) is 3. The van der Waals surface area contributed by atoms with E-state index >= 15 is 0 Å². The first-order valence-corrected chi connectivity index (χ1v) is 7.22. The van der Waals surface area contributed by atoms with Crippen molar-refractivity contribution in [3.05, 3.63) is 0 Å². The Labute approximate surface area is 105 Å². The molecule has 0 aromatic rings. The number of hydrogen-bond donors (Lipinski definition) is 2. The molecule has 0 aromatic heterocycles. The average Bonchev–Trinajstić information content (AvgIpc) is 2.76. The van der Waals surface area contributed by atoms with Gasteiger partial charge in [-0.05, 0) is 24.7 Å². The maximum Gasteiger partial charge on any atom is 0.0952 e. The molecule has 0 aromatic carbocycles. The number of rotatable bonds is 4. The summed E-state index contributed by atoms with van der Waals surface area (Å²) in [6.07, 6.45) is 8.07. The van der Waals surface area contributed by atoms with Crippen molar-refractivity contribution < 1.29 is 9.84 Å². The van der Waals surface area contributed by atoms with Crippen LogP contribution in [0.15, 0.2) is 0 Å². The third-order valence-electron chi connectivity index (χ3n) is 4.38. The topological polar surface area (TPSA) is 55.5 Å². The second kappa shape index (κ2) is 6.17. The molecule has 1 heterocycles. The van der Waals surface area contributed by atoms with Crippen molar-refractivity contribution in [2.45, 2.75) is 70.1 Å². The molecule has 0 bridgehead atoms. The van der Waals surface area contributed by atoms with Crippen molar-refractivity contribution in [2.75, 3.05) is 6.61 Å². The van der Waals surface area contributed by atoms with Crippen molar-refractivity contribution in [2.24, 2.45) is 17.6 Å². The molecule has 0 amide bonds. The maximum absolute atomic E-state index is 10.2. The standard InChI is InChI=1S/C14H27NO2/c1-10-7-13(17-9-10)14(16)12(15)8-11-5-3-2-4-6-11/h10-14,16H,2-9,15H2,1H3/t10-,12-,13-,14+/m0/s1. The molecule has 3 heteroatoms. The van der Waals surface area contributed by atoms with Crippen molar-refractivity contribution in [3.63, 3.8) is 0 Å². The van der Waals surface area contributed by atoms with Crippen molar-refractivity contribution in [1.82, 2.24) is 0 Å². The Morgan fingerprint density at radius 1 is 1.29 bits per heavy atom. The van der Waals surface area contributed by atoms with Gasteiger partial charge in [0.1, 0.15) is 0 Å². The molecule has 3 N–H and O–H groups in total. The fourth-order valence-corrected chi connectivity index (χ4v) is 3.28. The monoisotopic (exact) mass is 241 g/mol. The van der Waals surface area contributed by atoms with Gasteiger partial charge in [0.15, 0.2) is 0 Å². The second-order valence-corrected chi connectivity index (χ2v) is 6.11. The Morgan fingerprint density at radius 2 is 2.00 bits per heavy atom. The lowest BCUT2D eigenvalue weighted by molar-refractivity contribution is -0.0187. The summed E-state index contributed by atoms with van der Waals surface area (Å²) in [6, 6.07) is -0.103. The van der Waals surface area contributed by atoms with Crippen LogP contribution in [0.4, 0.5) is 0 Å². The van der Waals surface area contributed by atoms with Gasteiger partial charge in [-0.3, -0.25) is 0 Å². The van der Waals surface area contributed by atoms with Crippen molar-refractivity contribution in [1.29, 1.82) is 0 Å². The fourth-order valence-electron chi connectivity index (χ4n) is 3.28. The minimum atomic E-state index is -0.470. The van der Waals surface area contributed by atoms with Crippen LogP contribution in [0.3, 0.4) is 0 Å². The number of ether oxygens (including phenoxy) is 1. The lowest BCUT2D eigenvalue weighted by Crippen LogP contribution is -2.44. The van der Waals surface area contributed by atoms with Gasteiger partial charge in [-0.15, -0.1) is 0 Å². The van der Waals surface area contributed by atoms with Crippen LogP contribution in [0, 0.1) is 11.8 Å². The summed E-state index contributed by atoms with van der Waals surface area (Å²) in [5.74, 6) is 1.30. The van der Waals surface area contributed by atoms with E-state index < -0.39 is 6.10 Å². The molecule has 0 unspecified atom stereocenters. The van der Waals surface area contributed by atoms with Gasteiger partial charge in [0, 0.05) is 12.6 Å². The Morgan fingerprint density at radius 3 is 2.59 bits per heavy atom. The SMILES string of the molecule is C[C@@H]1CO[C@H]([C@H](O)[C@@H](N)CC2CCCCC2)C1. The van der Waals surface area contributed by atoms with Gasteiger partial charge in [-0.25, -0.2) is 0 Å². The fraction of sp³-hybridized carbons (Fsp3) is 1.00. The molecule has 1 saturated heterocycles. The van der Waals surface area contributed by atoms with E-state index in [9.17, 15) is 5.11 Å². The Kier molecular flexibility index (Phi) is 4.83. The summed E-state index contributed by atoms with van der Waals surface area (Å²) in [5.41, 5.74) is 6.14. The summed E-state index contributed by atoms with van der Waals surface area (Å²) < 4.78 is 5.61. The van der Waals surface area contributed by atoms with E-state index in [1.54, 1.807) is 0 Å². The van der Waals surface area contributed by atoms with Crippen molar-refractivity contribution in [3.8, 4) is 0 Å². The van der Waals surface area contributed by atoms with Crippen molar-refractivity contribution >= 4 is 0 Å². The quantitative estimate of drug-likeness (QED) is 0.792. The first-order chi connectivity index (χ1) is 8.16. The van der Waals surface area contributed by atoms with Crippen LogP contribution < -0.4 is 5.73 Å². The van der Waals surface area contributed by atoms with Gasteiger partial charge < -0.3 is 15.6 Å². The van der Waals surface area contributed by atoms with Gasteiger partial charge in [0.05, 0.1) is 12.2 Å². The number of aliphatic hydroxyl groups excluding tert-OH is 1. The van der Waals surface area contributed by atoms with Crippen LogP contribution in [0.25, 0.3) is 0 Å². The number of aliphatic hydroxyl groups is 1. The molecule has 0 radical (unpaired) electrons. The highest BCUT2D eigenvalue weighted by molar-refractivity contribution is 4.86. The maximum atomic E-state index is 10.2. The lowest BCUT2D eigenvalue weighted by atomic mass is 9.83. The molecule has 100 valence electrons. The molecule has 0 spiro atoms. The Hall–Kier alpha value is -0.120. The minimum absolute atomic E-state index is 0.0245. The van der Waals surface area contributed by atoms with E-state index in [4.69, 9.17) is 10.5 Å². The van der Waals surface area contributed by atoms with E-state index in [1.165, 1.54) is 32.1 Å². The summed E-state index contributed by atoms with van der Waals surface area (Å²) in [6.45, 7) is 2.94. The van der Waals surface area contributed by atoms with E-state index in [0.717, 1.165) is 25.4 Å². The zero-order chi connectivity index (χ0) is 12.3. The van der Waals surface area contributed by atoms with E-state index in [-0.39, 0.29) is 12.1 Å². The molecular weight excluding hydrogens is 214 g/mol. The zero-order valence-electron chi connectivity index (χ0n) is 11.0. The van der Waals surface area contributed by atoms with Gasteiger partial charge in [-0.1, -0.05) is 39.0 Å². The predicted octanol–water partition coefficient (Wildman–Crippen LogP) is 2.07. The summed E-state index contributed by atoms with van der Waals surface area (Å²) in [4.78, 5) is 0. The smallest absolute Gasteiger partial charge is 0.0952 e. The highest BCUT2D eigenvalue weighted by atomic mass is 16.5. The van der Waals surface area contributed by atoms with E-state index in [1.807, 2.05) is 0 Å². The molecular formula is C14H27NO2. The van der Waals surface area contributed by atoms with Crippen LogP contribution >= 0.6 is 0 Å². The van der Waals surface area contributed by atoms with E-state index in [2.05, 4.69) is 6.92 Å². The average molecular weight is 241 g/mol. The second-order valence-electron chi connectivity index (χ2n) is 6.11. The van der Waals surface area contributed by atoms with Crippen LogP contribution in [0.2, 0.25) is 0 Å². The van der Waals surface area contributed by atoms with Gasteiger partial charge in [-0.2, -0.15) is 0 Å². The summed E-state index contributed by atoms with van der Waals surface area (Å²) >= 11 is 0. The third-order valence-corrected chi connectivity index (χ3v) is 4.38.